The topological polar surface area (TPSA) is 87.2 Å². The molecule has 2 amide bonds. The number of rotatable bonds is 3. The lowest BCUT2D eigenvalue weighted by Gasteiger charge is -2.22. The Bertz CT molecular complexity index is 821. The summed E-state index contributed by atoms with van der Waals surface area (Å²) in [6, 6.07) is 16.1. The van der Waals surface area contributed by atoms with Crippen LogP contribution in [-0.4, -0.2) is 29.3 Å². The molecule has 1 aliphatic rings. The Morgan fingerprint density at radius 1 is 1.12 bits per heavy atom. The monoisotopic (exact) mass is 319 g/mol. The van der Waals surface area contributed by atoms with Crippen molar-refractivity contribution in [2.45, 2.75) is 18.9 Å². The maximum absolute atomic E-state index is 12.6. The second kappa shape index (κ2) is 6.55. The summed E-state index contributed by atoms with van der Waals surface area (Å²) in [4.78, 5) is 25.6. The van der Waals surface area contributed by atoms with E-state index in [9.17, 15) is 14.9 Å². The van der Waals surface area contributed by atoms with Crippen LogP contribution in [0.2, 0.25) is 0 Å². The third kappa shape index (κ3) is 2.86. The van der Waals surface area contributed by atoms with Gasteiger partial charge in [-0.3, -0.25) is 9.59 Å². The molecule has 0 aliphatic carbocycles. The first-order chi connectivity index (χ1) is 11.6. The number of nitrogens with zero attached hydrogens (tertiary/aromatic N) is 2. The van der Waals surface area contributed by atoms with Crippen molar-refractivity contribution in [1.82, 2.24) is 4.90 Å². The summed E-state index contributed by atoms with van der Waals surface area (Å²) in [6.45, 7) is 0.547. The molecule has 1 aliphatic heterocycles. The molecule has 1 saturated heterocycles. The second-order valence-corrected chi connectivity index (χ2v) is 5.79. The van der Waals surface area contributed by atoms with Gasteiger partial charge in [-0.25, -0.2) is 0 Å². The lowest BCUT2D eigenvalue weighted by Crippen LogP contribution is -2.43. The minimum Gasteiger partial charge on any atom is -0.368 e. The van der Waals surface area contributed by atoms with Crippen LogP contribution >= 0.6 is 0 Å². The molecular weight excluding hydrogens is 302 g/mol. The molecule has 120 valence electrons. The minimum atomic E-state index is -0.517. The molecule has 0 radical (unpaired) electrons. The minimum absolute atomic E-state index is 0.184. The fraction of sp³-hybridized carbons (Fsp3) is 0.211. The Morgan fingerprint density at radius 3 is 2.50 bits per heavy atom. The average molecular weight is 319 g/mol. The van der Waals surface area contributed by atoms with Crippen LogP contribution in [0.5, 0.6) is 0 Å². The molecule has 1 heterocycles. The highest BCUT2D eigenvalue weighted by Crippen LogP contribution is 2.25. The first-order valence-electron chi connectivity index (χ1n) is 7.81. The standard InChI is InChI=1S/C19H17N3O2/c20-12-15-4-1-2-5-16(15)13-7-9-14(10-8-13)19(24)22-11-3-6-17(22)18(21)23/h1-2,4-5,7-10,17H,3,6,11H2,(H2,21,23). The summed E-state index contributed by atoms with van der Waals surface area (Å²) in [5.74, 6) is -0.642. The van der Waals surface area contributed by atoms with Crippen LogP contribution in [-0.2, 0) is 4.79 Å². The zero-order valence-corrected chi connectivity index (χ0v) is 13.1. The van der Waals surface area contributed by atoms with Crippen molar-refractivity contribution in [2.75, 3.05) is 6.54 Å². The molecule has 0 spiro atoms. The third-order valence-electron chi connectivity index (χ3n) is 4.33. The van der Waals surface area contributed by atoms with Crippen LogP contribution in [0.3, 0.4) is 0 Å². The van der Waals surface area contributed by atoms with Crippen molar-refractivity contribution in [3.8, 4) is 17.2 Å². The predicted molar refractivity (Wildman–Crippen MR) is 89.8 cm³/mol. The van der Waals surface area contributed by atoms with E-state index in [-0.39, 0.29) is 5.91 Å². The smallest absolute Gasteiger partial charge is 0.254 e. The number of benzene rings is 2. The van der Waals surface area contributed by atoms with Gasteiger partial charge in [0.1, 0.15) is 6.04 Å². The van der Waals surface area contributed by atoms with Crippen LogP contribution in [0, 0.1) is 11.3 Å². The number of amides is 2. The number of carbonyl (C=O) groups excluding carboxylic acids is 2. The van der Waals surface area contributed by atoms with Gasteiger partial charge in [-0.1, -0.05) is 30.3 Å². The predicted octanol–water partition coefficient (Wildman–Crippen LogP) is 2.32. The number of primary amides is 1. The number of nitriles is 1. The maximum atomic E-state index is 12.6. The molecule has 0 aromatic heterocycles. The van der Waals surface area contributed by atoms with Crippen LogP contribution in [0.4, 0.5) is 0 Å². The molecule has 3 rings (SSSR count). The van der Waals surface area contributed by atoms with Crippen molar-refractivity contribution >= 4 is 11.8 Å². The normalized spacial score (nSPS) is 16.6. The van der Waals surface area contributed by atoms with E-state index in [0.717, 1.165) is 17.5 Å². The maximum Gasteiger partial charge on any atom is 0.254 e. The zero-order valence-electron chi connectivity index (χ0n) is 13.1. The van der Waals surface area contributed by atoms with Crippen molar-refractivity contribution in [3.05, 3.63) is 59.7 Å². The molecule has 2 aromatic carbocycles. The Morgan fingerprint density at radius 2 is 1.83 bits per heavy atom. The van der Waals surface area contributed by atoms with Crippen LogP contribution in [0.25, 0.3) is 11.1 Å². The van der Waals surface area contributed by atoms with Gasteiger partial charge in [0.25, 0.3) is 5.91 Å². The quantitative estimate of drug-likeness (QED) is 0.941. The summed E-state index contributed by atoms with van der Waals surface area (Å²) in [5, 5.41) is 9.19. The highest BCUT2D eigenvalue weighted by molar-refractivity contribution is 5.98. The summed E-state index contributed by atoms with van der Waals surface area (Å²) < 4.78 is 0. The zero-order chi connectivity index (χ0) is 17.1. The molecule has 0 bridgehead atoms. The Labute approximate surface area is 140 Å². The van der Waals surface area contributed by atoms with Crippen molar-refractivity contribution < 1.29 is 9.59 Å². The first kappa shape index (κ1) is 15.8. The molecule has 1 fully saturated rings. The molecule has 1 atom stereocenters. The van der Waals surface area contributed by atoms with Gasteiger partial charge in [-0.2, -0.15) is 5.26 Å². The number of hydrogen-bond donors (Lipinski definition) is 1. The molecular formula is C19H17N3O2. The summed E-state index contributed by atoms with van der Waals surface area (Å²) in [5.41, 5.74) is 8.18. The number of likely N-dealkylation sites (tertiary alicyclic amines) is 1. The van der Waals surface area contributed by atoms with E-state index in [0.29, 0.717) is 24.1 Å². The van der Waals surface area contributed by atoms with Gasteiger partial charge in [0.05, 0.1) is 11.6 Å². The van der Waals surface area contributed by atoms with Crippen LogP contribution in [0.15, 0.2) is 48.5 Å². The third-order valence-corrected chi connectivity index (χ3v) is 4.33. The van der Waals surface area contributed by atoms with Crippen molar-refractivity contribution in [1.29, 1.82) is 5.26 Å². The largest absolute Gasteiger partial charge is 0.368 e. The average Bonchev–Trinajstić information content (AvgIpc) is 3.11. The highest BCUT2D eigenvalue weighted by Gasteiger charge is 2.33. The summed E-state index contributed by atoms with van der Waals surface area (Å²) >= 11 is 0. The molecule has 1 unspecified atom stereocenters. The van der Waals surface area contributed by atoms with E-state index in [1.54, 1.807) is 23.1 Å². The summed E-state index contributed by atoms with van der Waals surface area (Å²) in [7, 11) is 0. The lowest BCUT2D eigenvalue weighted by molar-refractivity contribution is -0.121. The molecule has 24 heavy (non-hydrogen) atoms. The van der Waals surface area contributed by atoms with Gasteiger partial charge in [0.15, 0.2) is 0 Å². The van der Waals surface area contributed by atoms with Crippen molar-refractivity contribution in [2.24, 2.45) is 5.73 Å². The molecule has 2 aromatic rings. The van der Waals surface area contributed by atoms with E-state index < -0.39 is 11.9 Å². The molecule has 0 saturated carbocycles. The van der Waals surface area contributed by atoms with E-state index >= 15 is 0 Å². The summed E-state index contributed by atoms with van der Waals surface area (Å²) in [6.07, 6.45) is 1.40. The lowest BCUT2D eigenvalue weighted by atomic mass is 9.99. The fourth-order valence-corrected chi connectivity index (χ4v) is 3.10. The number of carbonyl (C=O) groups is 2. The highest BCUT2D eigenvalue weighted by atomic mass is 16.2. The van der Waals surface area contributed by atoms with Gasteiger partial charge in [-0.15, -0.1) is 0 Å². The number of hydrogen-bond acceptors (Lipinski definition) is 3. The second-order valence-electron chi connectivity index (χ2n) is 5.79. The van der Waals surface area contributed by atoms with Gasteiger partial charge in [-0.05, 0) is 42.2 Å². The van der Waals surface area contributed by atoms with Crippen molar-refractivity contribution in [3.63, 3.8) is 0 Å². The SMILES string of the molecule is N#Cc1ccccc1-c1ccc(C(=O)N2CCCC2C(N)=O)cc1. The fourth-order valence-electron chi connectivity index (χ4n) is 3.10. The van der Waals surface area contributed by atoms with Gasteiger partial charge in [0.2, 0.25) is 5.91 Å². The Kier molecular flexibility index (Phi) is 4.30. The number of nitrogens with two attached hydrogens (primary N) is 1. The molecule has 2 N–H and O–H groups in total. The van der Waals surface area contributed by atoms with Crippen LogP contribution in [0.1, 0.15) is 28.8 Å². The van der Waals surface area contributed by atoms with E-state index in [4.69, 9.17) is 5.73 Å². The first-order valence-corrected chi connectivity index (χ1v) is 7.81. The molecule has 5 heteroatoms. The van der Waals surface area contributed by atoms with E-state index in [1.807, 2.05) is 30.3 Å². The van der Waals surface area contributed by atoms with E-state index in [1.165, 1.54) is 0 Å². The molecule has 5 nitrogen and oxygen atoms in total. The Balaban J connectivity index is 1.86. The van der Waals surface area contributed by atoms with E-state index in [2.05, 4.69) is 6.07 Å². The van der Waals surface area contributed by atoms with Gasteiger partial charge < -0.3 is 10.6 Å². The van der Waals surface area contributed by atoms with Gasteiger partial charge in [0, 0.05) is 12.1 Å². The Hall–Kier alpha value is -3.13. The van der Waals surface area contributed by atoms with Crippen LogP contribution < -0.4 is 5.73 Å². The van der Waals surface area contributed by atoms with Gasteiger partial charge >= 0.3 is 0 Å².